The van der Waals surface area contributed by atoms with Crippen LogP contribution in [0, 0.1) is 11.3 Å². The molecule has 0 unspecified atom stereocenters. The molecule has 1 N–H and O–H groups in total. The standard InChI is InChI=1S/C14H15N3O2/c1-14(2)13(19)16-5-6-17(14)12-4-3-10(9-18)7-11(12)8-15/h3-4,7,9H,5-6H2,1-2H3,(H,16,19). The second kappa shape index (κ2) is 4.73. The van der Waals surface area contributed by atoms with Crippen LogP contribution in [0.25, 0.3) is 0 Å². The van der Waals surface area contributed by atoms with Crippen molar-refractivity contribution in [3.05, 3.63) is 29.3 Å². The van der Waals surface area contributed by atoms with Crippen molar-refractivity contribution in [2.24, 2.45) is 0 Å². The number of nitriles is 1. The van der Waals surface area contributed by atoms with E-state index in [0.29, 0.717) is 36.2 Å². The van der Waals surface area contributed by atoms with Crippen LogP contribution in [0.2, 0.25) is 0 Å². The lowest BCUT2D eigenvalue weighted by molar-refractivity contribution is -0.126. The van der Waals surface area contributed by atoms with E-state index in [1.165, 1.54) is 0 Å². The van der Waals surface area contributed by atoms with Crippen molar-refractivity contribution in [3.63, 3.8) is 0 Å². The molecule has 2 rings (SSSR count). The molecular formula is C14H15N3O2. The Kier molecular flexibility index (Phi) is 3.26. The summed E-state index contributed by atoms with van der Waals surface area (Å²) in [7, 11) is 0. The quantitative estimate of drug-likeness (QED) is 0.805. The van der Waals surface area contributed by atoms with Crippen LogP contribution >= 0.6 is 0 Å². The van der Waals surface area contributed by atoms with E-state index < -0.39 is 5.54 Å². The van der Waals surface area contributed by atoms with Crippen molar-refractivity contribution < 1.29 is 9.59 Å². The molecule has 0 spiro atoms. The minimum atomic E-state index is -0.716. The number of hydrogen-bond donors (Lipinski definition) is 1. The SMILES string of the molecule is CC1(C)C(=O)NCCN1c1ccc(C=O)cc1C#N. The van der Waals surface area contributed by atoms with Gasteiger partial charge in [-0.05, 0) is 32.0 Å². The molecule has 5 heteroatoms. The average Bonchev–Trinajstić information content (AvgIpc) is 2.41. The summed E-state index contributed by atoms with van der Waals surface area (Å²) in [5.41, 5.74) is 0.840. The molecule has 0 atom stereocenters. The fraction of sp³-hybridized carbons (Fsp3) is 0.357. The van der Waals surface area contributed by atoms with Gasteiger partial charge in [-0.1, -0.05) is 0 Å². The van der Waals surface area contributed by atoms with Gasteiger partial charge in [0, 0.05) is 18.7 Å². The number of carbonyl (C=O) groups excluding carboxylic acids is 2. The van der Waals surface area contributed by atoms with Crippen molar-refractivity contribution in [1.82, 2.24) is 5.32 Å². The summed E-state index contributed by atoms with van der Waals surface area (Å²) in [5.74, 6) is -0.0675. The fourth-order valence-corrected chi connectivity index (χ4v) is 2.27. The molecule has 0 saturated carbocycles. The van der Waals surface area contributed by atoms with Crippen molar-refractivity contribution >= 4 is 17.9 Å². The summed E-state index contributed by atoms with van der Waals surface area (Å²) < 4.78 is 0. The highest BCUT2D eigenvalue weighted by atomic mass is 16.2. The van der Waals surface area contributed by atoms with Crippen molar-refractivity contribution in [2.75, 3.05) is 18.0 Å². The van der Waals surface area contributed by atoms with Gasteiger partial charge in [-0.3, -0.25) is 9.59 Å². The minimum absolute atomic E-state index is 0.0675. The van der Waals surface area contributed by atoms with E-state index in [1.807, 2.05) is 18.7 Å². The fourth-order valence-electron chi connectivity index (χ4n) is 2.27. The highest BCUT2D eigenvalue weighted by Gasteiger charge is 2.38. The topological polar surface area (TPSA) is 73.2 Å². The number of nitrogens with zero attached hydrogens (tertiary/aromatic N) is 2. The monoisotopic (exact) mass is 257 g/mol. The molecule has 1 saturated heterocycles. The minimum Gasteiger partial charge on any atom is -0.355 e. The molecule has 1 aromatic carbocycles. The molecule has 1 amide bonds. The van der Waals surface area contributed by atoms with Crippen LogP contribution < -0.4 is 10.2 Å². The van der Waals surface area contributed by atoms with Gasteiger partial charge in [0.05, 0.1) is 11.3 Å². The Labute approximate surface area is 111 Å². The number of piperazine rings is 1. The van der Waals surface area contributed by atoms with E-state index in [4.69, 9.17) is 0 Å². The first-order chi connectivity index (χ1) is 9.00. The predicted octanol–water partition coefficient (Wildman–Crippen LogP) is 1.09. The highest BCUT2D eigenvalue weighted by Crippen LogP contribution is 2.29. The van der Waals surface area contributed by atoms with Gasteiger partial charge in [0.2, 0.25) is 5.91 Å². The number of aldehydes is 1. The first-order valence-corrected chi connectivity index (χ1v) is 6.06. The summed E-state index contributed by atoms with van der Waals surface area (Å²) in [5, 5.41) is 12.0. The van der Waals surface area contributed by atoms with Crippen LogP contribution in [0.15, 0.2) is 18.2 Å². The van der Waals surface area contributed by atoms with Crippen molar-refractivity contribution in [3.8, 4) is 6.07 Å². The first-order valence-electron chi connectivity index (χ1n) is 6.06. The first kappa shape index (κ1) is 13.1. The van der Waals surface area contributed by atoms with E-state index in [-0.39, 0.29) is 5.91 Å². The lowest BCUT2D eigenvalue weighted by atomic mass is 9.96. The van der Waals surface area contributed by atoms with Crippen LogP contribution in [0.4, 0.5) is 5.69 Å². The third kappa shape index (κ3) is 2.17. The van der Waals surface area contributed by atoms with Gasteiger partial charge in [-0.2, -0.15) is 5.26 Å². The zero-order chi connectivity index (χ0) is 14.0. The largest absolute Gasteiger partial charge is 0.355 e. The van der Waals surface area contributed by atoms with E-state index in [2.05, 4.69) is 11.4 Å². The number of benzene rings is 1. The molecular weight excluding hydrogens is 242 g/mol. The Hall–Kier alpha value is -2.35. The maximum Gasteiger partial charge on any atom is 0.245 e. The molecule has 5 nitrogen and oxygen atoms in total. The Morgan fingerprint density at radius 3 is 2.84 bits per heavy atom. The zero-order valence-corrected chi connectivity index (χ0v) is 10.9. The summed E-state index contributed by atoms with van der Waals surface area (Å²) in [6.45, 7) is 4.81. The molecule has 1 aliphatic heterocycles. The van der Waals surface area contributed by atoms with Gasteiger partial charge in [0.1, 0.15) is 17.9 Å². The number of anilines is 1. The van der Waals surface area contributed by atoms with Crippen molar-refractivity contribution in [1.29, 1.82) is 5.26 Å². The molecule has 0 aliphatic carbocycles. The maximum atomic E-state index is 11.9. The Morgan fingerprint density at radius 1 is 1.47 bits per heavy atom. The average molecular weight is 257 g/mol. The number of hydrogen-bond acceptors (Lipinski definition) is 4. The molecule has 1 heterocycles. The van der Waals surface area contributed by atoms with Gasteiger partial charge in [-0.25, -0.2) is 0 Å². The highest BCUT2D eigenvalue weighted by molar-refractivity contribution is 5.91. The van der Waals surface area contributed by atoms with E-state index in [9.17, 15) is 14.9 Å². The van der Waals surface area contributed by atoms with E-state index in [0.717, 1.165) is 0 Å². The third-order valence-electron chi connectivity index (χ3n) is 3.42. The molecule has 1 aliphatic rings. The van der Waals surface area contributed by atoms with Gasteiger partial charge in [0.15, 0.2) is 0 Å². The van der Waals surface area contributed by atoms with Crippen molar-refractivity contribution in [2.45, 2.75) is 19.4 Å². The molecule has 0 aromatic heterocycles. The number of nitrogens with one attached hydrogen (secondary N) is 1. The van der Waals surface area contributed by atoms with Crippen LogP contribution in [-0.2, 0) is 4.79 Å². The van der Waals surface area contributed by atoms with E-state index >= 15 is 0 Å². The summed E-state index contributed by atoms with van der Waals surface area (Å²) >= 11 is 0. The Bertz CT molecular complexity index is 573. The Balaban J connectivity index is 2.49. The van der Waals surface area contributed by atoms with Crippen LogP contribution in [-0.4, -0.2) is 30.8 Å². The van der Waals surface area contributed by atoms with Gasteiger partial charge in [0.25, 0.3) is 0 Å². The van der Waals surface area contributed by atoms with Crippen LogP contribution in [0.5, 0.6) is 0 Å². The second-order valence-corrected chi connectivity index (χ2v) is 4.97. The smallest absolute Gasteiger partial charge is 0.245 e. The molecule has 19 heavy (non-hydrogen) atoms. The predicted molar refractivity (Wildman–Crippen MR) is 71.0 cm³/mol. The second-order valence-electron chi connectivity index (χ2n) is 4.97. The molecule has 0 bridgehead atoms. The number of carbonyl (C=O) groups is 2. The van der Waals surface area contributed by atoms with Crippen LogP contribution in [0.3, 0.4) is 0 Å². The molecule has 98 valence electrons. The number of rotatable bonds is 2. The molecule has 0 radical (unpaired) electrons. The van der Waals surface area contributed by atoms with Gasteiger partial charge in [-0.15, -0.1) is 0 Å². The number of amides is 1. The summed E-state index contributed by atoms with van der Waals surface area (Å²) in [4.78, 5) is 24.6. The summed E-state index contributed by atoms with van der Waals surface area (Å²) in [6.07, 6.45) is 0.707. The van der Waals surface area contributed by atoms with Gasteiger partial charge >= 0.3 is 0 Å². The molecule has 1 aromatic rings. The zero-order valence-electron chi connectivity index (χ0n) is 10.9. The van der Waals surface area contributed by atoms with E-state index in [1.54, 1.807) is 18.2 Å². The lowest BCUT2D eigenvalue weighted by Gasteiger charge is -2.43. The molecule has 1 fully saturated rings. The third-order valence-corrected chi connectivity index (χ3v) is 3.42. The normalized spacial score (nSPS) is 17.5. The lowest BCUT2D eigenvalue weighted by Crippen LogP contribution is -2.62. The van der Waals surface area contributed by atoms with Crippen LogP contribution in [0.1, 0.15) is 29.8 Å². The maximum absolute atomic E-state index is 11.9. The Morgan fingerprint density at radius 2 is 2.21 bits per heavy atom. The van der Waals surface area contributed by atoms with Gasteiger partial charge < -0.3 is 10.2 Å². The summed E-state index contributed by atoms with van der Waals surface area (Å²) in [6, 6.07) is 7.02.